The lowest BCUT2D eigenvalue weighted by Gasteiger charge is -2.12. The first-order chi connectivity index (χ1) is 13.5. The van der Waals surface area contributed by atoms with E-state index in [9.17, 15) is 4.79 Å². The smallest absolute Gasteiger partial charge is 0.257 e. The van der Waals surface area contributed by atoms with E-state index < -0.39 is 0 Å². The predicted molar refractivity (Wildman–Crippen MR) is 111 cm³/mol. The molecule has 2 aromatic carbocycles. The van der Waals surface area contributed by atoms with E-state index in [-0.39, 0.29) is 5.91 Å². The number of hydrogen-bond donors (Lipinski definition) is 2. The molecule has 0 bridgehead atoms. The lowest BCUT2D eigenvalue weighted by Crippen LogP contribution is -2.12. The van der Waals surface area contributed by atoms with Crippen molar-refractivity contribution in [3.8, 4) is 11.5 Å². The fourth-order valence-electron chi connectivity index (χ4n) is 2.63. The van der Waals surface area contributed by atoms with Gasteiger partial charge in [0.05, 0.1) is 31.7 Å². The Labute approximate surface area is 168 Å². The first-order valence-corrected chi connectivity index (χ1v) is 8.89. The van der Waals surface area contributed by atoms with Gasteiger partial charge in [0, 0.05) is 28.7 Å². The maximum atomic E-state index is 12.6. The van der Waals surface area contributed by atoms with Crippen molar-refractivity contribution in [2.45, 2.75) is 6.92 Å². The molecule has 0 saturated carbocycles. The van der Waals surface area contributed by atoms with Crippen LogP contribution in [0.25, 0.3) is 0 Å². The van der Waals surface area contributed by atoms with Crippen LogP contribution in [-0.4, -0.2) is 25.1 Å². The molecule has 144 valence electrons. The summed E-state index contributed by atoms with van der Waals surface area (Å²) in [5, 5.41) is 6.70. The number of anilines is 3. The second-order valence-electron chi connectivity index (χ2n) is 6.07. The van der Waals surface area contributed by atoms with Gasteiger partial charge < -0.3 is 20.1 Å². The fraction of sp³-hybridized carbons (Fsp3) is 0.143. The number of carbonyl (C=O) groups is 1. The summed E-state index contributed by atoms with van der Waals surface area (Å²) >= 11 is 6.06. The number of rotatable bonds is 6. The van der Waals surface area contributed by atoms with Crippen molar-refractivity contribution in [3.05, 3.63) is 71.0 Å². The van der Waals surface area contributed by atoms with Gasteiger partial charge in [0.15, 0.2) is 11.5 Å². The molecule has 0 unspecified atom stereocenters. The van der Waals surface area contributed by atoms with Crippen LogP contribution < -0.4 is 20.1 Å². The van der Waals surface area contributed by atoms with Crippen LogP contribution in [0.2, 0.25) is 5.02 Å². The standard InChI is InChI=1S/C21H20ClN3O3/c1-13-4-5-15(22)9-18(13)24-17-8-14(11-23-12-17)21(26)25-16-6-7-19(27-2)20(10-16)28-3/h4-12,24H,1-3H3,(H,25,26). The Morgan fingerprint density at radius 2 is 1.75 bits per heavy atom. The highest BCUT2D eigenvalue weighted by Crippen LogP contribution is 2.30. The summed E-state index contributed by atoms with van der Waals surface area (Å²) < 4.78 is 10.5. The lowest BCUT2D eigenvalue weighted by atomic mass is 10.2. The molecule has 0 saturated heterocycles. The van der Waals surface area contributed by atoms with Crippen LogP contribution in [-0.2, 0) is 0 Å². The first-order valence-electron chi connectivity index (χ1n) is 8.52. The Kier molecular flexibility index (Phi) is 6.01. The molecule has 0 radical (unpaired) electrons. The molecule has 28 heavy (non-hydrogen) atoms. The number of nitrogens with one attached hydrogen (secondary N) is 2. The summed E-state index contributed by atoms with van der Waals surface area (Å²) in [6.45, 7) is 1.97. The minimum atomic E-state index is -0.286. The summed E-state index contributed by atoms with van der Waals surface area (Å²) in [5.41, 5.74) is 3.58. The number of hydrogen-bond acceptors (Lipinski definition) is 5. The first kappa shape index (κ1) is 19.5. The van der Waals surface area contributed by atoms with Gasteiger partial charge in [0.1, 0.15) is 0 Å². The van der Waals surface area contributed by atoms with Gasteiger partial charge >= 0.3 is 0 Å². The van der Waals surface area contributed by atoms with Crippen molar-refractivity contribution in [2.24, 2.45) is 0 Å². The molecule has 0 aliphatic heterocycles. The quantitative estimate of drug-likeness (QED) is 0.608. The molecule has 1 aromatic heterocycles. The maximum Gasteiger partial charge on any atom is 0.257 e. The number of pyridine rings is 1. The molecule has 0 aliphatic carbocycles. The zero-order valence-electron chi connectivity index (χ0n) is 15.7. The Morgan fingerprint density at radius 3 is 2.50 bits per heavy atom. The van der Waals surface area contributed by atoms with Crippen molar-refractivity contribution in [2.75, 3.05) is 24.9 Å². The molecule has 0 fully saturated rings. The second-order valence-corrected chi connectivity index (χ2v) is 6.51. The molecule has 1 amide bonds. The van der Waals surface area contributed by atoms with Gasteiger partial charge in [-0.3, -0.25) is 9.78 Å². The average molecular weight is 398 g/mol. The largest absolute Gasteiger partial charge is 0.493 e. The Morgan fingerprint density at radius 1 is 0.964 bits per heavy atom. The molecule has 3 aromatic rings. The number of carbonyl (C=O) groups excluding carboxylic acids is 1. The third-order valence-electron chi connectivity index (χ3n) is 4.12. The number of amides is 1. The van der Waals surface area contributed by atoms with Gasteiger partial charge in [-0.05, 0) is 42.8 Å². The molecular formula is C21H20ClN3O3. The van der Waals surface area contributed by atoms with Crippen LogP contribution in [0.5, 0.6) is 11.5 Å². The van der Waals surface area contributed by atoms with Crippen LogP contribution in [0.4, 0.5) is 17.1 Å². The summed E-state index contributed by atoms with van der Waals surface area (Å²) in [6, 6.07) is 12.5. The van der Waals surface area contributed by atoms with Crippen molar-refractivity contribution < 1.29 is 14.3 Å². The van der Waals surface area contributed by atoms with Crippen molar-refractivity contribution in [1.82, 2.24) is 4.98 Å². The van der Waals surface area contributed by atoms with Crippen LogP contribution in [0, 0.1) is 6.92 Å². The summed E-state index contributed by atoms with van der Waals surface area (Å²) in [6.07, 6.45) is 3.15. The molecule has 0 aliphatic rings. The van der Waals surface area contributed by atoms with E-state index in [2.05, 4.69) is 15.6 Å². The molecule has 7 heteroatoms. The highest BCUT2D eigenvalue weighted by molar-refractivity contribution is 6.30. The van der Waals surface area contributed by atoms with E-state index in [0.29, 0.717) is 33.5 Å². The van der Waals surface area contributed by atoms with Crippen LogP contribution in [0.15, 0.2) is 54.9 Å². The van der Waals surface area contributed by atoms with Gasteiger partial charge in [-0.25, -0.2) is 0 Å². The SMILES string of the molecule is COc1ccc(NC(=O)c2cncc(Nc3cc(Cl)ccc3C)c2)cc1OC. The van der Waals surface area contributed by atoms with E-state index in [0.717, 1.165) is 11.3 Å². The molecular weight excluding hydrogens is 378 g/mol. The number of nitrogens with zero attached hydrogens (tertiary/aromatic N) is 1. The monoisotopic (exact) mass is 397 g/mol. The van der Waals surface area contributed by atoms with Crippen molar-refractivity contribution in [3.63, 3.8) is 0 Å². The summed E-state index contributed by atoms with van der Waals surface area (Å²) in [4.78, 5) is 16.8. The molecule has 0 spiro atoms. The number of aromatic nitrogens is 1. The number of methoxy groups -OCH3 is 2. The van der Waals surface area contributed by atoms with Crippen molar-refractivity contribution >= 4 is 34.6 Å². The van der Waals surface area contributed by atoms with Crippen LogP contribution in [0.1, 0.15) is 15.9 Å². The van der Waals surface area contributed by atoms with E-state index >= 15 is 0 Å². The van der Waals surface area contributed by atoms with E-state index in [1.54, 1.807) is 44.7 Å². The number of halogens is 1. The fourth-order valence-corrected chi connectivity index (χ4v) is 2.81. The summed E-state index contributed by atoms with van der Waals surface area (Å²) in [7, 11) is 3.10. The van der Waals surface area contributed by atoms with Gasteiger partial charge in [0.2, 0.25) is 0 Å². The minimum absolute atomic E-state index is 0.286. The zero-order chi connectivity index (χ0) is 20.1. The highest BCUT2D eigenvalue weighted by Gasteiger charge is 2.11. The molecule has 3 rings (SSSR count). The van der Waals surface area contributed by atoms with Gasteiger partial charge in [0.25, 0.3) is 5.91 Å². The Balaban J connectivity index is 1.78. The zero-order valence-corrected chi connectivity index (χ0v) is 16.5. The van der Waals surface area contributed by atoms with E-state index in [4.69, 9.17) is 21.1 Å². The Hall–Kier alpha value is -3.25. The molecule has 1 heterocycles. The minimum Gasteiger partial charge on any atom is -0.493 e. The molecule has 0 atom stereocenters. The summed E-state index contributed by atoms with van der Waals surface area (Å²) in [5.74, 6) is 0.835. The topological polar surface area (TPSA) is 72.5 Å². The van der Waals surface area contributed by atoms with Gasteiger partial charge in [-0.2, -0.15) is 0 Å². The molecule has 2 N–H and O–H groups in total. The normalized spacial score (nSPS) is 10.3. The predicted octanol–water partition coefficient (Wildman–Crippen LogP) is 5.06. The van der Waals surface area contributed by atoms with Gasteiger partial charge in [-0.1, -0.05) is 17.7 Å². The van der Waals surface area contributed by atoms with Crippen molar-refractivity contribution in [1.29, 1.82) is 0 Å². The number of ether oxygens (including phenoxy) is 2. The number of benzene rings is 2. The molecule has 6 nitrogen and oxygen atoms in total. The third kappa shape index (κ3) is 4.53. The highest BCUT2D eigenvalue weighted by atomic mass is 35.5. The number of aryl methyl sites for hydroxylation is 1. The Bertz CT molecular complexity index is 1010. The van der Waals surface area contributed by atoms with Gasteiger partial charge in [-0.15, -0.1) is 0 Å². The third-order valence-corrected chi connectivity index (χ3v) is 4.36. The lowest BCUT2D eigenvalue weighted by molar-refractivity contribution is 0.102. The van der Waals surface area contributed by atoms with E-state index in [1.165, 1.54) is 6.20 Å². The van der Waals surface area contributed by atoms with Crippen LogP contribution >= 0.6 is 11.6 Å². The van der Waals surface area contributed by atoms with Crippen LogP contribution in [0.3, 0.4) is 0 Å². The average Bonchev–Trinajstić information content (AvgIpc) is 2.70. The van der Waals surface area contributed by atoms with E-state index in [1.807, 2.05) is 25.1 Å². The second kappa shape index (κ2) is 8.63. The maximum absolute atomic E-state index is 12.6.